The fourth-order valence-electron chi connectivity index (χ4n) is 5.98. The van der Waals surface area contributed by atoms with Crippen LogP contribution in [0.3, 0.4) is 0 Å². The number of fused-ring (bicyclic) bond motifs is 2. The van der Waals surface area contributed by atoms with E-state index in [1.165, 1.54) is 16.7 Å². The number of halogens is 3. The minimum absolute atomic E-state index is 0.0283. The molecule has 2 saturated heterocycles. The molecule has 0 atom stereocenters. The molecule has 4 aromatic rings. The van der Waals surface area contributed by atoms with Crippen LogP contribution in [-0.4, -0.2) is 69.3 Å². The van der Waals surface area contributed by atoms with Gasteiger partial charge in [-0.15, -0.1) is 0 Å². The average molecular weight is 531 g/mol. The van der Waals surface area contributed by atoms with E-state index in [0.29, 0.717) is 30.7 Å². The van der Waals surface area contributed by atoms with E-state index in [2.05, 4.69) is 4.90 Å². The number of rotatable bonds is 4. The molecule has 4 heterocycles. The van der Waals surface area contributed by atoms with Crippen molar-refractivity contribution in [2.45, 2.75) is 24.8 Å². The van der Waals surface area contributed by atoms with E-state index < -0.39 is 11.7 Å². The second kappa shape index (κ2) is 8.71. The first-order valence-electron chi connectivity index (χ1n) is 13.0. The number of likely N-dealkylation sites (tertiary alicyclic amines) is 2. The molecular formula is C30H25F3N4O2. The number of amides is 2. The summed E-state index contributed by atoms with van der Waals surface area (Å²) < 4.78 is 42.4. The van der Waals surface area contributed by atoms with Crippen LogP contribution in [0.25, 0.3) is 16.6 Å². The lowest BCUT2D eigenvalue weighted by Gasteiger charge is -2.53. The Kier molecular flexibility index (Phi) is 5.35. The highest BCUT2D eigenvalue weighted by atomic mass is 19.4. The van der Waals surface area contributed by atoms with Crippen molar-refractivity contribution in [2.24, 2.45) is 0 Å². The molecule has 7 rings (SSSR count). The third-order valence-corrected chi connectivity index (χ3v) is 8.26. The van der Waals surface area contributed by atoms with Crippen molar-refractivity contribution in [3.8, 4) is 5.69 Å². The van der Waals surface area contributed by atoms with Crippen LogP contribution in [0.5, 0.6) is 0 Å². The number of benzene rings is 3. The second-order valence-corrected chi connectivity index (χ2v) is 10.5. The monoisotopic (exact) mass is 530 g/mol. The summed E-state index contributed by atoms with van der Waals surface area (Å²) in [6.45, 7) is 3.43. The summed E-state index contributed by atoms with van der Waals surface area (Å²) >= 11 is 0. The van der Waals surface area contributed by atoms with Gasteiger partial charge in [0.05, 0.1) is 22.8 Å². The fraction of sp³-hybridized carbons (Fsp3) is 0.267. The highest BCUT2D eigenvalue weighted by molar-refractivity contribution is 5.99. The van der Waals surface area contributed by atoms with Gasteiger partial charge in [-0.05, 0) is 47.3 Å². The molecule has 1 aromatic heterocycles. The molecule has 9 heteroatoms. The number of hydrogen-bond donors (Lipinski definition) is 0. The predicted molar refractivity (Wildman–Crippen MR) is 140 cm³/mol. The fourth-order valence-corrected chi connectivity index (χ4v) is 5.98. The molecule has 6 nitrogen and oxygen atoms in total. The maximum absolute atomic E-state index is 13.6. The third kappa shape index (κ3) is 3.91. The Morgan fingerprint density at radius 2 is 1.59 bits per heavy atom. The number of nitrogens with zero attached hydrogens (tertiary/aromatic N) is 4. The second-order valence-electron chi connectivity index (χ2n) is 10.5. The molecule has 0 radical (unpaired) electrons. The Hall–Kier alpha value is -4.11. The zero-order valence-corrected chi connectivity index (χ0v) is 20.9. The predicted octanol–water partition coefficient (Wildman–Crippen LogP) is 4.81. The van der Waals surface area contributed by atoms with Gasteiger partial charge < -0.3 is 14.4 Å². The van der Waals surface area contributed by atoms with Crippen LogP contribution >= 0.6 is 0 Å². The van der Waals surface area contributed by atoms with Crippen LogP contribution in [0.4, 0.5) is 13.2 Å². The molecule has 0 spiro atoms. The Morgan fingerprint density at radius 1 is 0.846 bits per heavy atom. The van der Waals surface area contributed by atoms with Gasteiger partial charge in [0.15, 0.2) is 0 Å². The van der Waals surface area contributed by atoms with E-state index in [1.807, 2.05) is 29.2 Å². The SMILES string of the molecule is O=C(c1ccc2ccn(-c3ccccc3C(F)(F)F)c2c1)N1CC(N2CC(N3Cc4ccccc4C3=O)C2)C1. The average Bonchev–Trinajstić information content (AvgIpc) is 3.44. The van der Waals surface area contributed by atoms with E-state index in [4.69, 9.17) is 0 Å². The molecule has 198 valence electrons. The number of hydrogen-bond acceptors (Lipinski definition) is 3. The highest BCUT2D eigenvalue weighted by Gasteiger charge is 2.45. The van der Waals surface area contributed by atoms with Crippen molar-refractivity contribution in [1.82, 2.24) is 19.3 Å². The molecule has 2 fully saturated rings. The van der Waals surface area contributed by atoms with Crippen LogP contribution in [0, 0.1) is 0 Å². The summed E-state index contributed by atoms with van der Waals surface area (Å²) in [4.78, 5) is 32.0. The van der Waals surface area contributed by atoms with Crippen LogP contribution in [0.1, 0.15) is 31.8 Å². The lowest BCUT2D eigenvalue weighted by molar-refractivity contribution is -0.137. The van der Waals surface area contributed by atoms with Gasteiger partial charge in [0, 0.05) is 56.1 Å². The number of carbonyl (C=O) groups excluding carboxylic acids is 2. The van der Waals surface area contributed by atoms with Crippen molar-refractivity contribution in [2.75, 3.05) is 26.2 Å². The molecule has 0 saturated carbocycles. The zero-order chi connectivity index (χ0) is 26.9. The van der Waals surface area contributed by atoms with Crippen LogP contribution in [0.2, 0.25) is 0 Å². The Balaban J connectivity index is 1.02. The Bertz CT molecular complexity index is 1620. The first-order valence-corrected chi connectivity index (χ1v) is 13.0. The largest absolute Gasteiger partial charge is 0.418 e. The van der Waals surface area contributed by atoms with Crippen molar-refractivity contribution >= 4 is 22.7 Å². The van der Waals surface area contributed by atoms with E-state index >= 15 is 0 Å². The van der Waals surface area contributed by atoms with Gasteiger partial charge in [-0.1, -0.05) is 36.4 Å². The maximum Gasteiger partial charge on any atom is 0.418 e. The van der Waals surface area contributed by atoms with Gasteiger partial charge in [-0.3, -0.25) is 14.5 Å². The summed E-state index contributed by atoms with van der Waals surface area (Å²) in [6, 6.07) is 20.5. The topological polar surface area (TPSA) is 48.8 Å². The molecule has 2 amide bonds. The lowest BCUT2D eigenvalue weighted by atomic mass is 9.97. The number of aromatic nitrogens is 1. The minimum atomic E-state index is -4.49. The van der Waals surface area contributed by atoms with Gasteiger partial charge in [0.25, 0.3) is 11.8 Å². The van der Waals surface area contributed by atoms with Crippen molar-refractivity contribution in [3.63, 3.8) is 0 Å². The first-order chi connectivity index (χ1) is 18.8. The van der Waals surface area contributed by atoms with Crippen LogP contribution < -0.4 is 0 Å². The first kappa shape index (κ1) is 24.0. The molecule has 0 aliphatic carbocycles. The maximum atomic E-state index is 13.6. The molecule has 0 unspecified atom stereocenters. The van der Waals surface area contributed by atoms with Crippen molar-refractivity contribution in [1.29, 1.82) is 0 Å². The van der Waals surface area contributed by atoms with E-state index in [0.717, 1.165) is 35.7 Å². The van der Waals surface area contributed by atoms with Crippen LogP contribution in [0.15, 0.2) is 79.0 Å². The minimum Gasteiger partial charge on any atom is -0.335 e. The summed E-state index contributed by atoms with van der Waals surface area (Å²) in [5, 5.41) is 0.759. The molecule has 3 aliphatic heterocycles. The number of alkyl halides is 3. The standard InChI is InChI=1S/C30H25F3N4O2/c31-30(32,33)25-7-3-4-8-26(25)36-12-11-19-9-10-20(13-27(19)36)28(38)35-15-22(16-35)34-17-23(18-34)37-14-21-5-1-2-6-24(21)29(37)39/h1-13,22-23H,14-18H2. The van der Waals surface area contributed by atoms with Crippen molar-refractivity contribution < 1.29 is 22.8 Å². The molecular weight excluding hydrogens is 505 g/mol. The van der Waals surface area contributed by atoms with E-state index in [-0.39, 0.29) is 29.6 Å². The number of carbonyl (C=O) groups is 2. The van der Waals surface area contributed by atoms with E-state index in [9.17, 15) is 22.8 Å². The van der Waals surface area contributed by atoms with Crippen LogP contribution in [-0.2, 0) is 12.7 Å². The molecule has 0 N–H and O–H groups in total. The van der Waals surface area contributed by atoms with Gasteiger partial charge in [0.1, 0.15) is 0 Å². The molecule has 0 bridgehead atoms. The third-order valence-electron chi connectivity index (χ3n) is 8.26. The molecule has 39 heavy (non-hydrogen) atoms. The molecule has 3 aliphatic rings. The van der Waals surface area contributed by atoms with Gasteiger partial charge >= 0.3 is 6.18 Å². The van der Waals surface area contributed by atoms with E-state index in [1.54, 1.807) is 41.4 Å². The summed E-state index contributed by atoms with van der Waals surface area (Å²) in [6.07, 6.45) is -2.89. The summed E-state index contributed by atoms with van der Waals surface area (Å²) in [7, 11) is 0. The lowest BCUT2D eigenvalue weighted by Crippen LogP contribution is -2.70. The molecule has 3 aromatic carbocycles. The summed E-state index contributed by atoms with van der Waals surface area (Å²) in [5.41, 5.74) is 2.18. The summed E-state index contributed by atoms with van der Waals surface area (Å²) in [5.74, 6) is -0.0362. The Morgan fingerprint density at radius 3 is 2.36 bits per heavy atom. The van der Waals surface area contributed by atoms with Gasteiger partial charge in [-0.25, -0.2) is 0 Å². The number of para-hydroxylation sites is 1. The van der Waals surface area contributed by atoms with Crippen molar-refractivity contribution in [3.05, 3.63) is 101 Å². The zero-order valence-electron chi connectivity index (χ0n) is 20.9. The van der Waals surface area contributed by atoms with Gasteiger partial charge in [-0.2, -0.15) is 13.2 Å². The quantitative estimate of drug-likeness (QED) is 0.381. The smallest absolute Gasteiger partial charge is 0.335 e. The van der Waals surface area contributed by atoms with Gasteiger partial charge in [0.2, 0.25) is 0 Å². The Labute approximate surface area is 222 Å². The normalized spacial score (nSPS) is 18.4. The highest BCUT2D eigenvalue weighted by Crippen LogP contribution is 2.36.